The molecule has 0 aliphatic carbocycles. The largest absolute Gasteiger partial charge is 0.346 e. The molecule has 0 unspecified atom stereocenters. The number of carbonyl (C=O) groups is 2. The highest BCUT2D eigenvalue weighted by atomic mass is 16.2. The van der Waals surface area contributed by atoms with Crippen molar-refractivity contribution in [3.05, 3.63) is 42.0 Å². The van der Waals surface area contributed by atoms with Crippen LogP contribution in [0.4, 0.5) is 5.69 Å². The van der Waals surface area contributed by atoms with Crippen molar-refractivity contribution in [3.63, 3.8) is 0 Å². The fraction of sp³-hybridized carbons (Fsp3) is 0.375. The minimum absolute atomic E-state index is 0.00104. The monoisotopic (exact) mass is 315 g/mol. The van der Waals surface area contributed by atoms with Gasteiger partial charge in [-0.05, 0) is 31.0 Å². The van der Waals surface area contributed by atoms with E-state index in [0.29, 0.717) is 12.2 Å². The van der Waals surface area contributed by atoms with Gasteiger partial charge in [0.2, 0.25) is 11.8 Å². The zero-order chi connectivity index (χ0) is 16.7. The van der Waals surface area contributed by atoms with Gasteiger partial charge in [0.05, 0.1) is 12.5 Å². The first-order valence-corrected chi connectivity index (χ1v) is 7.62. The van der Waals surface area contributed by atoms with E-state index in [1.54, 1.807) is 12.1 Å². The van der Waals surface area contributed by atoms with Gasteiger partial charge >= 0.3 is 0 Å². The molecule has 0 radical (unpaired) electrons. The fourth-order valence-electron chi connectivity index (χ4n) is 2.13. The van der Waals surface area contributed by atoms with E-state index in [1.165, 1.54) is 6.33 Å². The summed E-state index contributed by atoms with van der Waals surface area (Å²) in [6, 6.07) is 7.05. The van der Waals surface area contributed by atoms with Crippen LogP contribution in [0.5, 0.6) is 0 Å². The van der Waals surface area contributed by atoms with Crippen LogP contribution in [0.2, 0.25) is 0 Å². The molecule has 0 aliphatic heterocycles. The van der Waals surface area contributed by atoms with Crippen molar-refractivity contribution < 1.29 is 9.59 Å². The maximum atomic E-state index is 12.0. The van der Waals surface area contributed by atoms with Gasteiger partial charge in [-0.1, -0.05) is 19.1 Å². The van der Waals surface area contributed by atoms with Gasteiger partial charge in [-0.2, -0.15) is 5.10 Å². The van der Waals surface area contributed by atoms with Gasteiger partial charge in [0.25, 0.3) is 0 Å². The van der Waals surface area contributed by atoms with Crippen LogP contribution >= 0.6 is 0 Å². The van der Waals surface area contributed by atoms with Gasteiger partial charge in [-0.3, -0.25) is 14.7 Å². The van der Waals surface area contributed by atoms with Crippen molar-refractivity contribution in [2.24, 2.45) is 0 Å². The van der Waals surface area contributed by atoms with Gasteiger partial charge in [0.15, 0.2) is 0 Å². The van der Waals surface area contributed by atoms with Gasteiger partial charge in [0.1, 0.15) is 12.2 Å². The summed E-state index contributed by atoms with van der Waals surface area (Å²) >= 11 is 0. The molecule has 2 amide bonds. The Morgan fingerprint density at radius 3 is 2.57 bits per heavy atom. The Kier molecular flexibility index (Phi) is 5.85. The van der Waals surface area contributed by atoms with Crippen molar-refractivity contribution in [2.75, 3.05) is 5.32 Å². The number of rotatable bonds is 7. The molecule has 0 fully saturated rings. The molecule has 0 bridgehead atoms. The number of benzene rings is 1. The van der Waals surface area contributed by atoms with Crippen LogP contribution in [0.1, 0.15) is 44.1 Å². The molecule has 2 aromatic rings. The zero-order valence-electron chi connectivity index (χ0n) is 13.3. The van der Waals surface area contributed by atoms with Gasteiger partial charge in [-0.25, -0.2) is 4.98 Å². The second-order valence-electron chi connectivity index (χ2n) is 5.33. The van der Waals surface area contributed by atoms with Gasteiger partial charge < -0.3 is 10.6 Å². The number of anilines is 1. The van der Waals surface area contributed by atoms with E-state index < -0.39 is 0 Å². The Morgan fingerprint density at radius 2 is 1.96 bits per heavy atom. The number of aromatic nitrogens is 3. The van der Waals surface area contributed by atoms with Crippen LogP contribution in [-0.4, -0.2) is 27.0 Å². The van der Waals surface area contributed by atoms with Crippen molar-refractivity contribution in [1.29, 1.82) is 0 Å². The third kappa shape index (κ3) is 5.21. The molecule has 0 saturated carbocycles. The molecule has 7 nitrogen and oxygen atoms in total. The van der Waals surface area contributed by atoms with Crippen LogP contribution in [0.25, 0.3) is 0 Å². The number of nitrogens with one attached hydrogen (secondary N) is 3. The summed E-state index contributed by atoms with van der Waals surface area (Å²) in [5.74, 6) is 0.517. The molecule has 1 atom stereocenters. The lowest BCUT2D eigenvalue weighted by atomic mass is 10.1. The lowest BCUT2D eigenvalue weighted by Gasteiger charge is -2.11. The second kappa shape index (κ2) is 8.07. The van der Waals surface area contributed by atoms with Crippen molar-refractivity contribution in [1.82, 2.24) is 20.5 Å². The molecule has 0 saturated heterocycles. The average Bonchev–Trinajstić information content (AvgIpc) is 3.04. The number of nitrogens with zero attached hydrogens (tertiary/aromatic N) is 2. The zero-order valence-corrected chi connectivity index (χ0v) is 13.3. The van der Waals surface area contributed by atoms with E-state index in [4.69, 9.17) is 0 Å². The van der Waals surface area contributed by atoms with E-state index in [9.17, 15) is 9.59 Å². The Bertz CT molecular complexity index is 637. The highest BCUT2D eigenvalue weighted by Gasteiger charge is 2.12. The van der Waals surface area contributed by atoms with Crippen molar-refractivity contribution in [3.8, 4) is 0 Å². The summed E-state index contributed by atoms with van der Waals surface area (Å²) in [7, 11) is 0. The number of carbonyl (C=O) groups excluding carboxylic acids is 2. The molecule has 2 rings (SSSR count). The van der Waals surface area contributed by atoms with E-state index in [2.05, 4.69) is 25.8 Å². The molecule has 122 valence electrons. The van der Waals surface area contributed by atoms with E-state index in [-0.39, 0.29) is 24.3 Å². The van der Waals surface area contributed by atoms with Crippen LogP contribution in [-0.2, 0) is 16.0 Å². The standard InChI is InChI=1S/C16H21N5O2/c1-3-4-14(22)20-13-7-5-12(6-8-13)9-15(23)19-11(2)16-17-10-18-21-16/h5-8,10-11H,3-4,9H2,1-2H3,(H,19,23)(H,20,22)(H,17,18,21)/t11-/m0/s1. The molecule has 3 N–H and O–H groups in total. The first-order chi connectivity index (χ1) is 11.1. The molecule has 1 aromatic carbocycles. The first-order valence-electron chi connectivity index (χ1n) is 7.62. The summed E-state index contributed by atoms with van der Waals surface area (Å²) in [5, 5.41) is 12.2. The molecule has 1 aromatic heterocycles. The highest BCUT2D eigenvalue weighted by molar-refractivity contribution is 5.90. The molecule has 1 heterocycles. The Labute approximate surface area is 134 Å². The molecule has 0 aliphatic rings. The first kappa shape index (κ1) is 16.7. The summed E-state index contributed by atoms with van der Waals surface area (Å²) in [6.45, 7) is 3.80. The number of hydrogen-bond acceptors (Lipinski definition) is 4. The van der Waals surface area contributed by atoms with E-state index >= 15 is 0 Å². The maximum absolute atomic E-state index is 12.0. The lowest BCUT2D eigenvalue weighted by molar-refractivity contribution is -0.121. The summed E-state index contributed by atoms with van der Waals surface area (Å²) in [4.78, 5) is 27.6. The smallest absolute Gasteiger partial charge is 0.224 e. The topological polar surface area (TPSA) is 99.8 Å². The normalized spacial score (nSPS) is 11.7. The van der Waals surface area contributed by atoms with Gasteiger partial charge in [0, 0.05) is 12.1 Å². The average molecular weight is 315 g/mol. The van der Waals surface area contributed by atoms with Crippen LogP contribution in [0.15, 0.2) is 30.6 Å². The number of amides is 2. The van der Waals surface area contributed by atoms with E-state index in [1.807, 2.05) is 26.0 Å². The van der Waals surface area contributed by atoms with Gasteiger partial charge in [-0.15, -0.1) is 0 Å². The number of aromatic amines is 1. The maximum Gasteiger partial charge on any atom is 0.224 e. The quantitative estimate of drug-likeness (QED) is 0.727. The lowest BCUT2D eigenvalue weighted by Crippen LogP contribution is -2.28. The summed E-state index contributed by atoms with van der Waals surface area (Å²) in [6.07, 6.45) is 2.99. The molecular weight excluding hydrogens is 294 g/mol. The highest BCUT2D eigenvalue weighted by Crippen LogP contribution is 2.11. The Hall–Kier alpha value is -2.70. The third-order valence-electron chi connectivity index (χ3n) is 3.30. The number of hydrogen-bond donors (Lipinski definition) is 3. The summed E-state index contributed by atoms with van der Waals surface area (Å²) < 4.78 is 0. The summed E-state index contributed by atoms with van der Waals surface area (Å²) in [5.41, 5.74) is 1.61. The number of H-pyrrole nitrogens is 1. The minimum atomic E-state index is -0.224. The minimum Gasteiger partial charge on any atom is -0.346 e. The van der Waals surface area contributed by atoms with Crippen LogP contribution in [0.3, 0.4) is 0 Å². The van der Waals surface area contributed by atoms with Crippen LogP contribution in [0, 0.1) is 0 Å². The fourth-order valence-corrected chi connectivity index (χ4v) is 2.13. The third-order valence-corrected chi connectivity index (χ3v) is 3.30. The SMILES string of the molecule is CCCC(=O)Nc1ccc(CC(=O)N[C@@H](C)c2ncn[nH]2)cc1. The Morgan fingerprint density at radius 1 is 1.22 bits per heavy atom. The molecular formula is C16H21N5O2. The van der Waals surface area contributed by atoms with Crippen molar-refractivity contribution in [2.45, 2.75) is 39.2 Å². The van der Waals surface area contributed by atoms with E-state index in [0.717, 1.165) is 17.7 Å². The molecule has 7 heteroatoms. The Balaban J connectivity index is 1.85. The second-order valence-corrected chi connectivity index (χ2v) is 5.33. The molecule has 0 spiro atoms. The van der Waals surface area contributed by atoms with Crippen molar-refractivity contribution >= 4 is 17.5 Å². The predicted molar refractivity (Wildman–Crippen MR) is 86.6 cm³/mol. The molecule has 23 heavy (non-hydrogen) atoms. The predicted octanol–water partition coefficient (Wildman–Crippen LogP) is 1.96. The van der Waals surface area contributed by atoms with Crippen LogP contribution < -0.4 is 10.6 Å².